The van der Waals surface area contributed by atoms with Gasteiger partial charge in [-0.25, -0.2) is 9.97 Å². The van der Waals surface area contributed by atoms with Gasteiger partial charge in [-0.05, 0) is 67.3 Å². The summed E-state index contributed by atoms with van der Waals surface area (Å²) < 4.78 is 1.94. The highest BCUT2D eigenvalue weighted by molar-refractivity contribution is 5.86. The summed E-state index contributed by atoms with van der Waals surface area (Å²) in [5, 5.41) is 23.7. The van der Waals surface area contributed by atoms with Crippen LogP contribution >= 0.6 is 0 Å². The fourth-order valence-corrected chi connectivity index (χ4v) is 6.16. The fourth-order valence-electron chi connectivity index (χ4n) is 6.16. The number of hydrogen-bond acceptors (Lipinski definition) is 7. The van der Waals surface area contributed by atoms with E-state index in [9.17, 15) is 10.2 Å². The molecule has 3 aliphatic rings. The molecule has 0 unspecified atom stereocenters. The van der Waals surface area contributed by atoms with Crippen molar-refractivity contribution in [3.8, 4) is 0 Å². The largest absolute Gasteiger partial charge is 0.390 e. The fraction of sp³-hybridized carbons (Fsp3) is 0.444. The number of nitrogen functional groups attached to an aromatic ring is 1. The van der Waals surface area contributed by atoms with Crippen LogP contribution < -0.4 is 5.73 Å². The van der Waals surface area contributed by atoms with Gasteiger partial charge in [-0.15, -0.1) is 0 Å². The molecule has 35 heavy (non-hydrogen) atoms. The van der Waals surface area contributed by atoms with E-state index in [0.717, 1.165) is 42.9 Å². The maximum atomic E-state index is 10.9. The first-order valence-electron chi connectivity index (χ1n) is 12.6. The first-order valence-corrected chi connectivity index (χ1v) is 12.6. The maximum absolute atomic E-state index is 10.9. The quantitative estimate of drug-likeness (QED) is 0.411. The molecule has 1 aromatic carbocycles. The van der Waals surface area contributed by atoms with Gasteiger partial charge in [0.1, 0.15) is 23.9 Å². The Bertz CT molecular complexity index is 1430. The summed E-state index contributed by atoms with van der Waals surface area (Å²) in [6.45, 7) is 2.00. The molecular formula is C27H30N6O2. The first-order chi connectivity index (χ1) is 17.0. The first kappa shape index (κ1) is 21.2. The van der Waals surface area contributed by atoms with Crippen LogP contribution in [0.1, 0.15) is 48.5 Å². The molecule has 1 aliphatic heterocycles. The Morgan fingerprint density at radius 1 is 1.03 bits per heavy atom. The number of fused-ring (bicyclic) bond motifs is 3. The predicted octanol–water partition coefficient (Wildman–Crippen LogP) is 2.96. The van der Waals surface area contributed by atoms with E-state index in [0.29, 0.717) is 17.9 Å². The lowest BCUT2D eigenvalue weighted by molar-refractivity contribution is 0.00545. The summed E-state index contributed by atoms with van der Waals surface area (Å²) in [6.07, 6.45) is 6.68. The smallest absolute Gasteiger partial charge is 0.145 e. The zero-order valence-corrected chi connectivity index (χ0v) is 19.6. The lowest BCUT2D eigenvalue weighted by Gasteiger charge is -2.19. The molecule has 4 N–H and O–H groups in total. The van der Waals surface area contributed by atoms with Crippen molar-refractivity contribution in [1.29, 1.82) is 0 Å². The molecule has 2 aliphatic carbocycles. The van der Waals surface area contributed by atoms with Crippen LogP contribution in [0.15, 0.2) is 42.9 Å². The van der Waals surface area contributed by atoms with E-state index in [2.05, 4.69) is 39.1 Å². The summed E-state index contributed by atoms with van der Waals surface area (Å²) in [7, 11) is 0. The van der Waals surface area contributed by atoms with Crippen LogP contribution in [0, 0.1) is 5.92 Å². The van der Waals surface area contributed by atoms with Crippen LogP contribution in [0.25, 0.3) is 21.9 Å². The predicted molar refractivity (Wildman–Crippen MR) is 133 cm³/mol. The number of nitrogens with two attached hydrogens (primary N) is 1. The van der Waals surface area contributed by atoms with Crippen molar-refractivity contribution in [3.63, 3.8) is 0 Å². The molecule has 2 fully saturated rings. The molecule has 4 heterocycles. The van der Waals surface area contributed by atoms with Gasteiger partial charge in [0.2, 0.25) is 0 Å². The second kappa shape index (κ2) is 7.98. The lowest BCUT2D eigenvalue weighted by atomic mass is 9.95. The molecule has 3 aromatic heterocycles. The minimum atomic E-state index is -0.845. The summed E-state index contributed by atoms with van der Waals surface area (Å²) in [5.74, 6) is 0.427. The highest BCUT2D eigenvalue weighted by Gasteiger charge is 2.42. The van der Waals surface area contributed by atoms with Crippen molar-refractivity contribution >= 4 is 27.8 Å². The van der Waals surface area contributed by atoms with Crippen molar-refractivity contribution in [2.45, 2.75) is 69.5 Å². The van der Waals surface area contributed by atoms with Crippen LogP contribution in [0.4, 0.5) is 5.82 Å². The highest BCUT2D eigenvalue weighted by Crippen LogP contribution is 2.40. The number of aliphatic hydroxyl groups excluding tert-OH is 2. The van der Waals surface area contributed by atoms with Crippen LogP contribution in [0.2, 0.25) is 0 Å². The number of hydrogen-bond donors (Lipinski definition) is 3. The summed E-state index contributed by atoms with van der Waals surface area (Å²) in [5.41, 5.74) is 11.5. The third kappa shape index (κ3) is 3.59. The molecule has 7 rings (SSSR count). The Morgan fingerprint density at radius 3 is 2.77 bits per heavy atom. The molecule has 0 radical (unpaired) electrons. The summed E-state index contributed by atoms with van der Waals surface area (Å²) in [4.78, 5) is 16.0. The molecule has 2 saturated carbocycles. The van der Waals surface area contributed by atoms with E-state index in [1.807, 2.05) is 16.8 Å². The second-order valence-corrected chi connectivity index (χ2v) is 10.6. The SMILES string of the molecule is Nc1ncnc2c1ccn2[C@@H]1C[C@H](CCc2ccc3cc4c(nc3c2)CN(C2CC2)C4)[C@@H](O)[C@H]1O. The van der Waals surface area contributed by atoms with E-state index in [4.69, 9.17) is 10.7 Å². The van der Waals surface area contributed by atoms with E-state index in [1.54, 1.807) is 0 Å². The van der Waals surface area contributed by atoms with Crippen LogP contribution in [0.3, 0.4) is 0 Å². The van der Waals surface area contributed by atoms with Crippen molar-refractivity contribution in [1.82, 2.24) is 24.4 Å². The number of rotatable bonds is 5. The third-order valence-electron chi connectivity index (χ3n) is 8.31. The topological polar surface area (TPSA) is 113 Å². The Hall–Kier alpha value is -3.07. The third-order valence-corrected chi connectivity index (χ3v) is 8.31. The van der Waals surface area contributed by atoms with Gasteiger partial charge < -0.3 is 20.5 Å². The second-order valence-electron chi connectivity index (χ2n) is 10.6. The summed E-state index contributed by atoms with van der Waals surface area (Å²) >= 11 is 0. The molecule has 0 amide bonds. The van der Waals surface area contributed by atoms with Gasteiger partial charge >= 0.3 is 0 Å². The van der Waals surface area contributed by atoms with Gasteiger partial charge in [0.25, 0.3) is 0 Å². The van der Waals surface area contributed by atoms with E-state index in [-0.39, 0.29) is 12.0 Å². The minimum absolute atomic E-state index is 0.00223. The number of nitrogens with zero attached hydrogens (tertiary/aromatic N) is 5. The van der Waals surface area contributed by atoms with Gasteiger partial charge in [0.15, 0.2) is 0 Å². The molecule has 0 spiro atoms. The van der Waals surface area contributed by atoms with Crippen molar-refractivity contribution in [2.24, 2.45) is 5.92 Å². The zero-order chi connectivity index (χ0) is 23.7. The standard InChI is InChI=1S/C27H30N6O2/c28-26-20-7-8-33(27(20)30-14-29-26)23-11-17(24(34)25(23)35)4-2-15-1-3-16-10-18-12-32(19-5-6-19)13-22(18)31-21(16)9-15/h1,3,7-10,14,17,19,23-25,34-35H,2,4-6,11-13H2,(H2,28,29,30)/t17-,23+,24+,25-/m0/s1. The van der Waals surface area contributed by atoms with Gasteiger partial charge in [0.05, 0.1) is 28.7 Å². The number of benzene rings is 1. The number of aromatic nitrogens is 4. The molecule has 0 saturated heterocycles. The molecular weight excluding hydrogens is 440 g/mol. The van der Waals surface area contributed by atoms with Crippen LogP contribution in [0.5, 0.6) is 0 Å². The Balaban J connectivity index is 1.07. The Labute approximate surface area is 203 Å². The van der Waals surface area contributed by atoms with E-state index < -0.39 is 12.2 Å². The normalized spacial score (nSPS) is 26.7. The Morgan fingerprint density at radius 2 is 1.91 bits per heavy atom. The van der Waals surface area contributed by atoms with Crippen LogP contribution in [-0.2, 0) is 19.5 Å². The Kier molecular flexibility index (Phi) is 4.84. The minimum Gasteiger partial charge on any atom is -0.390 e. The number of anilines is 1. The monoisotopic (exact) mass is 470 g/mol. The van der Waals surface area contributed by atoms with Gasteiger partial charge in [-0.2, -0.15) is 0 Å². The molecule has 8 nitrogen and oxygen atoms in total. The van der Waals surface area contributed by atoms with Gasteiger partial charge in [-0.3, -0.25) is 9.88 Å². The van der Waals surface area contributed by atoms with Crippen LogP contribution in [-0.4, -0.2) is 52.9 Å². The number of pyridine rings is 1. The van der Waals surface area contributed by atoms with Gasteiger partial charge in [-0.1, -0.05) is 12.1 Å². The van der Waals surface area contributed by atoms with Crippen molar-refractivity contribution < 1.29 is 10.2 Å². The summed E-state index contributed by atoms with van der Waals surface area (Å²) in [6, 6.07) is 11.3. The number of aliphatic hydroxyl groups is 2. The van der Waals surface area contributed by atoms with Crippen molar-refractivity contribution in [2.75, 3.05) is 5.73 Å². The molecule has 4 atom stereocenters. The molecule has 8 heteroatoms. The zero-order valence-electron chi connectivity index (χ0n) is 19.6. The average molecular weight is 471 g/mol. The molecule has 0 bridgehead atoms. The highest BCUT2D eigenvalue weighted by atomic mass is 16.3. The maximum Gasteiger partial charge on any atom is 0.145 e. The van der Waals surface area contributed by atoms with Gasteiger partial charge in [0, 0.05) is 30.7 Å². The molecule has 180 valence electrons. The van der Waals surface area contributed by atoms with E-state index >= 15 is 0 Å². The van der Waals surface area contributed by atoms with Crippen molar-refractivity contribution in [3.05, 3.63) is 59.7 Å². The number of aryl methyl sites for hydroxylation is 1. The lowest BCUT2D eigenvalue weighted by Crippen LogP contribution is -2.29. The van der Waals surface area contributed by atoms with E-state index in [1.165, 1.54) is 41.4 Å². The molecule has 4 aromatic rings. The average Bonchev–Trinajstić information content (AvgIpc) is 3.39.